The first-order chi connectivity index (χ1) is 11.9. The molecule has 0 spiro atoms. The van der Waals surface area contributed by atoms with Crippen LogP contribution in [0.4, 0.5) is 0 Å². The summed E-state index contributed by atoms with van der Waals surface area (Å²) in [6.45, 7) is 3.31. The first-order valence-corrected chi connectivity index (χ1v) is 9.59. The van der Waals surface area contributed by atoms with Crippen LogP contribution in [0.3, 0.4) is 0 Å². The van der Waals surface area contributed by atoms with E-state index in [1.54, 1.807) is 6.26 Å². The second kappa shape index (κ2) is 6.03. The summed E-state index contributed by atoms with van der Waals surface area (Å²) in [5, 5.41) is 4.96. The molecule has 5 heteroatoms. The molecule has 0 N–H and O–H groups in total. The Kier molecular flexibility index (Phi) is 3.69. The highest BCUT2D eigenvalue weighted by Gasteiger charge is 2.32. The molecule has 0 atom stereocenters. The molecule has 128 valence electrons. The van der Waals surface area contributed by atoms with Gasteiger partial charge < -0.3 is 4.42 Å². The zero-order chi connectivity index (χ0) is 15.9. The van der Waals surface area contributed by atoms with Crippen molar-refractivity contribution in [2.24, 2.45) is 5.92 Å². The van der Waals surface area contributed by atoms with Gasteiger partial charge in [-0.3, -0.25) is 9.58 Å². The number of nitrogens with zero attached hydrogens (tertiary/aromatic N) is 4. The number of rotatable bonds is 4. The van der Waals surface area contributed by atoms with E-state index in [9.17, 15) is 0 Å². The smallest absolute Gasteiger partial charge is 0.181 e. The summed E-state index contributed by atoms with van der Waals surface area (Å²) in [5.74, 6) is 0.843. The van der Waals surface area contributed by atoms with Crippen molar-refractivity contribution in [3.05, 3.63) is 23.9 Å². The molecular formula is C19H26N4O. The molecule has 0 unspecified atom stereocenters. The van der Waals surface area contributed by atoms with Crippen LogP contribution in [0.1, 0.15) is 56.2 Å². The van der Waals surface area contributed by atoms with Gasteiger partial charge in [-0.2, -0.15) is 5.10 Å². The van der Waals surface area contributed by atoms with Crippen molar-refractivity contribution >= 4 is 0 Å². The quantitative estimate of drug-likeness (QED) is 0.860. The number of oxazole rings is 1. The van der Waals surface area contributed by atoms with Gasteiger partial charge in [0.15, 0.2) is 6.39 Å². The maximum absolute atomic E-state index is 5.23. The molecule has 24 heavy (non-hydrogen) atoms. The Labute approximate surface area is 143 Å². The third-order valence-electron chi connectivity index (χ3n) is 6.06. The van der Waals surface area contributed by atoms with Crippen LogP contribution in [0.25, 0.3) is 11.4 Å². The van der Waals surface area contributed by atoms with E-state index >= 15 is 0 Å². The molecule has 2 aromatic heterocycles. The maximum Gasteiger partial charge on any atom is 0.181 e. The molecule has 0 aromatic carbocycles. The summed E-state index contributed by atoms with van der Waals surface area (Å²) in [6, 6.07) is 0.767. The van der Waals surface area contributed by atoms with E-state index in [-0.39, 0.29) is 0 Å². The van der Waals surface area contributed by atoms with E-state index in [4.69, 9.17) is 9.52 Å². The largest absolute Gasteiger partial charge is 0.451 e. The van der Waals surface area contributed by atoms with Gasteiger partial charge in [-0.1, -0.05) is 19.3 Å². The first kappa shape index (κ1) is 14.7. The van der Waals surface area contributed by atoms with Gasteiger partial charge in [-0.15, -0.1) is 0 Å². The van der Waals surface area contributed by atoms with Gasteiger partial charge >= 0.3 is 0 Å². The Hall–Kier alpha value is -1.62. The molecule has 2 fully saturated rings. The van der Waals surface area contributed by atoms with Crippen molar-refractivity contribution in [3.8, 4) is 11.4 Å². The van der Waals surface area contributed by atoms with E-state index in [0.717, 1.165) is 42.9 Å². The predicted octanol–water partition coefficient (Wildman–Crippen LogP) is 3.64. The average molecular weight is 326 g/mol. The van der Waals surface area contributed by atoms with E-state index < -0.39 is 0 Å². The minimum Gasteiger partial charge on any atom is -0.451 e. The van der Waals surface area contributed by atoms with Crippen molar-refractivity contribution < 1.29 is 4.42 Å². The Morgan fingerprint density at radius 3 is 2.75 bits per heavy atom. The predicted molar refractivity (Wildman–Crippen MR) is 91.4 cm³/mol. The number of hydrogen-bond donors (Lipinski definition) is 0. The first-order valence-electron chi connectivity index (χ1n) is 9.59. The fourth-order valence-corrected chi connectivity index (χ4v) is 4.50. The van der Waals surface area contributed by atoms with Crippen LogP contribution in [-0.2, 0) is 19.5 Å². The van der Waals surface area contributed by atoms with Gasteiger partial charge in [-0.05, 0) is 31.6 Å². The molecule has 0 amide bonds. The summed E-state index contributed by atoms with van der Waals surface area (Å²) in [5.41, 5.74) is 4.81. The third-order valence-corrected chi connectivity index (χ3v) is 6.06. The Morgan fingerprint density at radius 1 is 1.12 bits per heavy atom. The number of hydrogen-bond acceptors (Lipinski definition) is 4. The Balaban J connectivity index is 1.47. The van der Waals surface area contributed by atoms with Crippen LogP contribution < -0.4 is 0 Å². The summed E-state index contributed by atoms with van der Waals surface area (Å²) in [7, 11) is 0. The van der Waals surface area contributed by atoms with Gasteiger partial charge in [0.1, 0.15) is 17.7 Å². The molecule has 2 aliphatic carbocycles. The Morgan fingerprint density at radius 2 is 2.00 bits per heavy atom. The molecule has 0 saturated heterocycles. The van der Waals surface area contributed by atoms with E-state index in [0.29, 0.717) is 0 Å². The minimum atomic E-state index is 0.767. The standard InChI is InChI=1S/C19H26N4O/c1-2-4-15(5-3-1)22-9-8-18-16(11-22)19(17-12-24-13-20-17)21-23(18)10-14-6-7-14/h12-15H,1-11H2. The zero-order valence-corrected chi connectivity index (χ0v) is 14.3. The van der Waals surface area contributed by atoms with Crippen molar-refractivity contribution in [1.82, 2.24) is 19.7 Å². The van der Waals surface area contributed by atoms with Crippen molar-refractivity contribution in [3.63, 3.8) is 0 Å². The fourth-order valence-electron chi connectivity index (χ4n) is 4.50. The Bertz CT molecular complexity index is 695. The highest BCUT2D eigenvalue weighted by molar-refractivity contribution is 5.59. The highest BCUT2D eigenvalue weighted by Crippen LogP contribution is 2.36. The van der Waals surface area contributed by atoms with Gasteiger partial charge in [0.25, 0.3) is 0 Å². The second-order valence-electron chi connectivity index (χ2n) is 7.79. The summed E-state index contributed by atoms with van der Waals surface area (Å²) >= 11 is 0. The summed E-state index contributed by atoms with van der Waals surface area (Å²) in [6.07, 6.45) is 14.0. The molecule has 5 rings (SSSR count). The van der Waals surface area contributed by atoms with Gasteiger partial charge in [0.05, 0.1) is 0 Å². The van der Waals surface area contributed by atoms with E-state index in [2.05, 4.69) is 14.6 Å². The molecule has 0 radical (unpaired) electrons. The van der Waals surface area contributed by atoms with Crippen LogP contribution in [-0.4, -0.2) is 32.3 Å². The molecule has 2 saturated carbocycles. The lowest BCUT2D eigenvalue weighted by Crippen LogP contribution is -2.40. The monoisotopic (exact) mass is 326 g/mol. The maximum atomic E-state index is 5.23. The lowest BCUT2D eigenvalue weighted by molar-refractivity contribution is 0.140. The lowest BCUT2D eigenvalue weighted by atomic mass is 9.92. The zero-order valence-electron chi connectivity index (χ0n) is 14.3. The molecule has 2 aromatic rings. The van der Waals surface area contributed by atoms with Crippen LogP contribution in [0.2, 0.25) is 0 Å². The van der Waals surface area contributed by atoms with Crippen LogP contribution in [0.15, 0.2) is 17.1 Å². The average Bonchev–Trinajstić information content (AvgIpc) is 3.15. The second-order valence-corrected chi connectivity index (χ2v) is 7.79. The van der Waals surface area contributed by atoms with Crippen molar-refractivity contribution in [1.29, 1.82) is 0 Å². The van der Waals surface area contributed by atoms with Crippen LogP contribution in [0, 0.1) is 5.92 Å². The van der Waals surface area contributed by atoms with Gasteiger partial charge in [0.2, 0.25) is 0 Å². The topological polar surface area (TPSA) is 47.1 Å². The van der Waals surface area contributed by atoms with E-state index in [1.807, 2.05) is 0 Å². The van der Waals surface area contributed by atoms with Gasteiger partial charge in [-0.25, -0.2) is 4.98 Å². The van der Waals surface area contributed by atoms with Crippen LogP contribution in [0.5, 0.6) is 0 Å². The summed E-state index contributed by atoms with van der Waals surface area (Å²) in [4.78, 5) is 7.08. The van der Waals surface area contributed by atoms with Gasteiger partial charge in [0, 0.05) is 43.4 Å². The van der Waals surface area contributed by atoms with Crippen molar-refractivity contribution in [2.75, 3.05) is 6.54 Å². The molecule has 3 aliphatic rings. The molecule has 0 bridgehead atoms. The molecule has 3 heterocycles. The van der Waals surface area contributed by atoms with Crippen LogP contribution >= 0.6 is 0 Å². The number of aromatic nitrogens is 3. The lowest BCUT2D eigenvalue weighted by Gasteiger charge is -2.37. The molecule has 5 nitrogen and oxygen atoms in total. The SMILES string of the molecule is c1nc(-c2nn(CC3CC3)c3c2CN(C2CCCCC2)CC3)co1. The fraction of sp³-hybridized carbons (Fsp3) is 0.684. The molecular weight excluding hydrogens is 300 g/mol. The minimum absolute atomic E-state index is 0.767. The van der Waals surface area contributed by atoms with Crippen molar-refractivity contribution in [2.45, 2.75) is 70.5 Å². The number of fused-ring (bicyclic) bond motifs is 1. The van der Waals surface area contributed by atoms with E-state index in [1.165, 1.54) is 69.1 Å². The summed E-state index contributed by atoms with van der Waals surface area (Å²) < 4.78 is 7.52. The third kappa shape index (κ3) is 2.69. The highest BCUT2D eigenvalue weighted by atomic mass is 16.3. The molecule has 1 aliphatic heterocycles. The normalized spacial score (nSPS) is 22.7.